The lowest BCUT2D eigenvalue weighted by Gasteiger charge is -2.14. The minimum atomic E-state index is -1.01. The van der Waals surface area contributed by atoms with Crippen LogP contribution < -0.4 is 19.9 Å². The van der Waals surface area contributed by atoms with Gasteiger partial charge in [-0.25, -0.2) is 4.79 Å². The summed E-state index contributed by atoms with van der Waals surface area (Å²) in [5, 5.41) is 10.8. The number of aromatic amines is 1. The molecular weight excluding hydrogens is 408 g/mol. The van der Waals surface area contributed by atoms with Gasteiger partial charge in [0.05, 0.1) is 43.1 Å². The molecule has 3 aromatic rings. The zero-order chi connectivity index (χ0) is 21.8. The molecule has 2 aromatic carbocycles. The largest absolute Gasteiger partial charge is 0.493 e. The summed E-state index contributed by atoms with van der Waals surface area (Å²) in [5.74, 6) is 0.479. The normalized spacial score (nSPS) is 11.0. The molecule has 0 aliphatic heterocycles. The first-order valence-corrected chi connectivity index (χ1v) is 9.91. The Morgan fingerprint density at radius 1 is 1.10 bits per heavy atom. The van der Waals surface area contributed by atoms with E-state index in [-0.39, 0.29) is 5.56 Å². The minimum Gasteiger partial charge on any atom is -0.493 e. The molecule has 0 amide bonds. The van der Waals surface area contributed by atoms with E-state index in [1.54, 1.807) is 27.4 Å². The van der Waals surface area contributed by atoms with Gasteiger partial charge >= 0.3 is 5.97 Å². The summed E-state index contributed by atoms with van der Waals surface area (Å²) in [5.41, 5.74) is 8.86. The van der Waals surface area contributed by atoms with Crippen LogP contribution >= 0.6 is 11.6 Å². The second-order valence-electron chi connectivity index (χ2n) is 6.79. The van der Waals surface area contributed by atoms with Gasteiger partial charge in [-0.3, -0.25) is 0 Å². The summed E-state index contributed by atoms with van der Waals surface area (Å²) >= 11 is 6.42. The third-order valence-corrected chi connectivity index (χ3v) is 5.39. The first-order chi connectivity index (χ1) is 14.5. The van der Waals surface area contributed by atoms with Crippen LogP contribution in [0.4, 0.5) is 0 Å². The zero-order valence-electron chi connectivity index (χ0n) is 17.2. The number of unbranched alkanes of at least 4 members (excludes halogenated alkanes) is 1. The van der Waals surface area contributed by atoms with E-state index in [2.05, 4.69) is 4.98 Å². The summed E-state index contributed by atoms with van der Waals surface area (Å²) in [7, 11) is 4.64. The van der Waals surface area contributed by atoms with Gasteiger partial charge in [-0.05, 0) is 55.6 Å². The van der Waals surface area contributed by atoms with Crippen LogP contribution in [-0.2, 0) is 6.42 Å². The number of hydrogen-bond acceptors (Lipinski definition) is 5. The lowest BCUT2D eigenvalue weighted by molar-refractivity contribution is 0.0699. The van der Waals surface area contributed by atoms with E-state index in [0.29, 0.717) is 46.1 Å². The van der Waals surface area contributed by atoms with Crippen molar-refractivity contribution in [1.82, 2.24) is 4.98 Å². The number of ether oxygens (including phenoxy) is 3. The Morgan fingerprint density at radius 3 is 2.30 bits per heavy atom. The molecule has 0 aliphatic carbocycles. The van der Waals surface area contributed by atoms with Gasteiger partial charge in [0, 0.05) is 10.9 Å². The summed E-state index contributed by atoms with van der Waals surface area (Å²) in [4.78, 5) is 15.2. The lowest BCUT2D eigenvalue weighted by Crippen LogP contribution is -2.01. The fourth-order valence-electron chi connectivity index (χ4n) is 3.68. The van der Waals surface area contributed by atoms with Crippen LogP contribution in [0, 0.1) is 0 Å². The highest BCUT2D eigenvalue weighted by Crippen LogP contribution is 2.44. The van der Waals surface area contributed by atoms with Gasteiger partial charge in [-0.2, -0.15) is 0 Å². The Balaban J connectivity index is 2.32. The van der Waals surface area contributed by atoms with Gasteiger partial charge in [-0.15, -0.1) is 0 Å². The number of methoxy groups -OCH3 is 3. The van der Waals surface area contributed by atoms with Gasteiger partial charge in [0.15, 0.2) is 11.5 Å². The van der Waals surface area contributed by atoms with Gasteiger partial charge in [0.25, 0.3) is 0 Å². The summed E-state index contributed by atoms with van der Waals surface area (Å²) in [6.07, 6.45) is 2.28. The molecule has 0 spiro atoms. The summed E-state index contributed by atoms with van der Waals surface area (Å²) in [6, 6.07) is 6.78. The molecule has 0 radical (unpaired) electrons. The number of fused-ring (bicyclic) bond motifs is 1. The number of aromatic nitrogens is 1. The van der Waals surface area contributed by atoms with E-state index in [4.69, 9.17) is 31.5 Å². The molecule has 3 rings (SSSR count). The number of rotatable bonds is 9. The van der Waals surface area contributed by atoms with Gasteiger partial charge in [0.2, 0.25) is 5.75 Å². The first-order valence-electron chi connectivity index (χ1n) is 9.53. The van der Waals surface area contributed by atoms with Crippen molar-refractivity contribution in [2.45, 2.75) is 19.3 Å². The molecule has 1 aromatic heterocycles. The van der Waals surface area contributed by atoms with Crippen LogP contribution in [0.2, 0.25) is 5.02 Å². The van der Waals surface area contributed by atoms with E-state index in [1.807, 2.05) is 12.1 Å². The Morgan fingerprint density at radius 2 is 1.77 bits per heavy atom. The molecule has 0 saturated heterocycles. The Hall–Kier alpha value is -2.90. The molecule has 7 nitrogen and oxygen atoms in total. The van der Waals surface area contributed by atoms with Crippen molar-refractivity contribution in [3.05, 3.63) is 40.4 Å². The summed E-state index contributed by atoms with van der Waals surface area (Å²) < 4.78 is 16.4. The number of aromatic carboxylic acids is 1. The van der Waals surface area contributed by atoms with Crippen LogP contribution in [0.1, 0.15) is 28.8 Å². The SMILES string of the molecule is COc1cc(-c2[nH]c3c(Cl)ccc(C(=O)O)c3c2CCCCN)cc(OC)c1OC. The number of carboxylic acids is 1. The smallest absolute Gasteiger partial charge is 0.336 e. The number of hydrogen-bond donors (Lipinski definition) is 3. The molecule has 160 valence electrons. The molecule has 0 unspecified atom stereocenters. The molecule has 4 N–H and O–H groups in total. The average molecular weight is 433 g/mol. The second-order valence-corrected chi connectivity index (χ2v) is 7.20. The van der Waals surface area contributed by atoms with Crippen LogP contribution in [0.5, 0.6) is 17.2 Å². The maximum absolute atomic E-state index is 11.9. The minimum absolute atomic E-state index is 0.201. The van der Waals surface area contributed by atoms with E-state index >= 15 is 0 Å². The molecule has 0 bridgehead atoms. The fourth-order valence-corrected chi connectivity index (χ4v) is 3.89. The highest BCUT2D eigenvalue weighted by molar-refractivity contribution is 6.36. The molecule has 0 atom stereocenters. The second kappa shape index (κ2) is 9.28. The van der Waals surface area contributed by atoms with Crippen LogP contribution in [0.3, 0.4) is 0 Å². The van der Waals surface area contributed by atoms with E-state index < -0.39 is 5.97 Å². The van der Waals surface area contributed by atoms with Crippen LogP contribution in [0.15, 0.2) is 24.3 Å². The number of halogens is 1. The molecule has 0 saturated carbocycles. The predicted molar refractivity (Wildman–Crippen MR) is 117 cm³/mol. The van der Waals surface area contributed by atoms with Crippen molar-refractivity contribution in [2.75, 3.05) is 27.9 Å². The lowest BCUT2D eigenvalue weighted by atomic mass is 9.97. The Labute approximate surface area is 179 Å². The third-order valence-electron chi connectivity index (χ3n) is 5.07. The third kappa shape index (κ3) is 3.91. The van der Waals surface area contributed by atoms with Gasteiger partial charge in [0.1, 0.15) is 0 Å². The number of carbonyl (C=O) groups is 1. The van der Waals surface area contributed by atoms with Crippen molar-refractivity contribution in [3.8, 4) is 28.5 Å². The van der Waals surface area contributed by atoms with Crippen molar-refractivity contribution in [1.29, 1.82) is 0 Å². The van der Waals surface area contributed by atoms with Crippen LogP contribution in [-0.4, -0.2) is 43.9 Å². The maximum Gasteiger partial charge on any atom is 0.336 e. The van der Waals surface area contributed by atoms with E-state index in [9.17, 15) is 9.90 Å². The molecule has 8 heteroatoms. The first kappa shape index (κ1) is 21.8. The molecule has 1 heterocycles. The topological polar surface area (TPSA) is 107 Å². The number of aryl methyl sites for hydroxylation is 1. The summed E-state index contributed by atoms with van der Waals surface area (Å²) in [6.45, 7) is 0.564. The Kier molecular flexibility index (Phi) is 6.74. The maximum atomic E-state index is 11.9. The van der Waals surface area contributed by atoms with E-state index in [1.165, 1.54) is 6.07 Å². The van der Waals surface area contributed by atoms with Crippen molar-refractivity contribution >= 4 is 28.5 Å². The Bertz CT molecular complexity index is 1050. The zero-order valence-corrected chi connectivity index (χ0v) is 17.9. The number of carboxylic acid groups (broad SMARTS) is 1. The number of nitrogens with two attached hydrogens (primary N) is 1. The van der Waals surface area contributed by atoms with Gasteiger partial charge < -0.3 is 30.0 Å². The monoisotopic (exact) mass is 432 g/mol. The van der Waals surface area contributed by atoms with Gasteiger partial charge in [-0.1, -0.05) is 11.6 Å². The van der Waals surface area contributed by atoms with Crippen molar-refractivity contribution < 1.29 is 24.1 Å². The molecule has 30 heavy (non-hydrogen) atoms. The highest BCUT2D eigenvalue weighted by atomic mass is 35.5. The highest BCUT2D eigenvalue weighted by Gasteiger charge is 2.23. The quantitative estimate of drug-likeness (QED) is 0.430. The number of H-pyrrole nitrogens is 1. The number of nitrogens with one attached hydrogen (secondary N) is 1. The van der Waals surface area contributed by atoms with Crippen molar-refractivity contribution in [2.24, 2.45) is 5.73 Å². The average Bonchev–Trinajstić information content (AvgIpc) is 3.13. The molecule has 0 aliphatic rings. The molecule has 0 fully saturated rings. The van der Waals surface area contributed by atoms with E-state index in [0.717, 1.165) is 29.7 Å². The van der Waals surface area contributed by atoms with Crippen LogP contribution in [0.25, 0.3) is 22.2 Å². The van der Waals surface area contributed by atoms with Crippen molar-refractivity contribution in [3.63, 3.8) is 0 Å². The predicted octanol–water partition coefficient (Wildman–Crippen LogP) is 4.49. The molecular formula is C22H25ClN2O5. The fraction of sp³-hybridized carbons (Fsp3) is 0.318. The number of benzene rings is 2. The standard InChI is InChI=1S/C22H25ClN2O5/c1-28-16-10-12(11-17(29-2)21(16)30-3)19-13(6-4-5-9-24)18-14(22(26)27)7-8-15(23)20(18)25-19/h7-8,10-11,25H,4-6,9,24H2,1-3H3,(H,26,27).